The molecule has 2 rings (SSSR count). The summed E-state index contributed by atoms with van der Waals surface area (Å²) < 4.78 is 0. The lowest BCUT2D eigenvalue weighted by Gasteiger charge is -2.27. The van der Waals surface area contributed by atoms with Crippen molar-refractivity contribution in [3.63, 3.8) is 0 Å². The summed E-state index contributed by atoms with van der Waals surface area (Å²) in [5.41, 5.74) is 0.989. The first kappa shape index (κ1) is 16.5. The molecule has 1 aliphatic heterocycles. The van der Waals surface area contributed by atoms with Crippen molar-refractivity contribution in [2.45, 2.75) is 38.8 Å². The molecule has 0 bridgehead atoms. The average Bonchev–Trinajstić information content (AvgIpc) is 2.86. The van der Waals surface area contributed by atoms with Gasteiger partial charge in [0.1, 0.15) is 5.82 Å². The number of aromatic nitrogens is 1. The van der Waals surface area contributed by atoms with Gasteiger partial charge in [0.25, 0.3) is 0 Å². The van der Waals surface area contributed by atoms with Crippen molar-refractivity contribution >= 4 is 17.4 Å². The van der Waals surface area contributed by atoms with Gasteiger partial charge in [0, 0.05) is 25.7 Å². The van der Waals surface area contributed by atoms with E-state index in [-0.39, 0.29) is 0 Å². The summed E-state index contributed by atoms with van der Waals surface area (Å²) in [5.74, 6) is 0.930. The highest BCUT2D eigenvalue weighted by Crippen LogP contribution is 2.24. The minimum atomic E-state index is 0.616. The number of anilines is 1. The van der Waals surface area contributed by atoms with Crippen molar-refractivity contribution < 1.29 is 0 Å². The molecule has 21 heavy (non-hydrogen) atoms. The molecule has 0 aromatic carbocycles. The maximum Gasteiger partial charge on any atom is 0.126 e. The van der Waals surface area contributed by atoms with E-state index in [1.54, 1.807) is 0 Å². The highest BCUT2D eigenvalue weighted by atomic mass is 35.5. The molecule has 2 heterocycles. The van der Waals surface area contributed by atoms with Crippen molar-refractivity contribution in [1.82, 2.24) is 14.8 Å². The van der Waals surface area contributed by atoms with Crippen molar-refractivity contribution in [2.24, 2.45) is 0 Å². The number of nitrogens with zero attached hydrogens (tertiary/aromatic N) is 3. The van der Waals surface area contributed by atoms with Crippen LogP contribution in [-0.4, -0.2) is 54.6 Å². The molecular weight excluding hydrogens is 284 g/mol. The maximum atomic E-state index is 6.33. The van der Waals surface area contributed by atoms with Gasteiger partial charge in [0.2, 0.25) is 0 Å². The molecule has 0 amide bonds. The van der Waals surface area contributed by atoms with Crippen molar-refractivity contribution in [1.29, 1.82) is 0 Å². The normalized spacial score (nSPS) is 19.4. The predicted molar refractivity (Wildman–Crippen MR) is 90.0 cm³/mol. The minimum absolute atomic E-state index is 0.616. The molecule has 1 aromatic heterocycles. The van der Waals surface area contributed by atoms with Crippen molar-refractivity contribution in [2.75, 3.05) is 39.0 Å². The molecule has 1 unspecified atom stereocenters. The third-order valence-electron chi connectivity index (χ3n) is 3.90. The second-order valence-corrected chi connectivity index (χ2v) is 6.49. The highest BCUT2D eigenvalue weighted by Gasteiger charge is 2.25. The summed E-state index contributed by atoms with van der Waals surface area (Å²) in [7, 11) is 4.27. The van der Waals surface area contributed by atoms with E-state index in [1.807, 2.05) is 12.1 Å². The van der Waals surface area contributed by atoms with E-state index in [0.717, 1.165) is 49.1 Å². The van der Waals surface area contributed by atoms with E-state index in [9.17, 15) is 0 Å². The molecule has 1 fully saturated rings. The largest absolute Gasteiger partial charge is 0.370 e. The van der Waals surface area contributed by atoms with E-state index >= 15 is 0 Å². The second kappa shape index (κ2) is 7.97. The van der Waals surface area contributed by atoms with Gasteiger partial charge >= 0.3 is 0 Å². The molecule has 118 valence electrons. The Morgan fingerprint density at radius 3 is 2.95 bits per heavy atom. The average molecular weight is 311 g/mol. The Labute approximate surface area is 133 Å². The number of halogens is 1. The first-order valence-electron chi connectivity index (χ1n) is 7.88. The van der Waals surface area contributed by atoms with Crippen LogP contribution in [0.2, 0.25) is 5.02 Å². The van der Waals surface area contributed by atoms with Gasteiger partial charge in [-0.05, 0) is 52.0 Å². The van der Waals surface area contributed by atoms with Gasteiger partial charge in [-0.25, -0.2) is 4.98 Å². The van der Waals surface area contributed by atoms with Crippen molar-refractivity contribution in [3.05, 3.63) is 22.8 Å². The van der Waals surface area contributed by atoms with E-state index in [4.69, 9.17) is 11.6 Å². The van der Waals surface area contributed by atoms with Gasteiger partial charge in [0.05, 0.1) is 10.7 Å². The number of hydrogen-bond acceptors (Lipinski definition) is 4. The SMILES string of the molecule is CCCNc1ccc(Cl)c(CN2CCCC2CN(C)C)n1. The molecule has 0 spiro atoms. The van der Waals surface area contributed by atoms with Crippen LogP contribution < -0.4 is 5.32 Å². The fraction of sp³-hybridized carbons (Fsp3) is 0.688. The fourth-order valence-corrected chi connectivity index (χ4v) is 3.04. The Kier molecular flexibility index (Phi) is 6.27. The number of pyridine rings is 1. The van der Waals surface area contributed by atoms with Crippen molar-refractivity contribution in [3.8, 4) is 0 Å². The monoisotopic (exact) mass is 310 g/mol. The maximum absolute atomic E-state index is 6.33. The molecular formula is C16H27ClN4. The molecule has 1 aromatic rings. The van der Waals surface area contributed by atoms with E-state index in [1.165, 1.54) is 12.8 Å². The van der Waals surface area contributed by atoms with Crippen LogP contribution in [0.1, 0.15) is 31.9 Å². The standard InChI is InChI=1S/C16H27ClN4/c1-4-9-18-16-8-7-14(17)15(19-16)12-21-10-5-6-13(21)11-20(2)3/h7-8,13H,4-6,9-12H2,1-3H3,(H,18,19). The molecule has 5 heteroatoms. The zero-order valence-corrected chi connectivity index (χ0v) is 14.2. The van der Waals surface area contributed by atoms with Gasteiger partial charge in [-0.15, -0.1) is 0 Å². The van der Waals surface area contributed by atoms with Crippen LogP contribution in [0.5, 0.6) is 0 Å². The number of hydrogen-bond donors (Lipinski definition) is 1. The van der Waals surface area contributed by atoms with Crippen LogP contribution in [0.3, 0.4) is 0 Å². The summed E-state index contributed by atoms with van der Waals surface area (Å²) in [5, 5.41) is 4.10. The lowest BCUT2D eigenvalue weighted by atomic mass is 10.2. The van der Waals surface area contributed by atoms with Gasteiger partial charge in [-0.2, -0.15) is 0 Å². The lowest BCUT2D eigenvalue weighted by Crippen LogP contribution is -2.37. The second-order valence-electron chi connectivity index (χ2n) is 6.08. The first-order valence-corrected chi connectivity index (χ1v) is 8.26. The molecule has 1 atom stereocenters. The minimum Gasteiger partial charge on any atom is -0.370 e. The molecule has 0 radical (unpaired) electrons. The van der Waals surface area contributed by atoms with E-state index in [0.29, 0.717) is 6.04 Å². The quantitative estimate of drug-likeness (QED) is 0.838. The number of likely N-dealkylation sites (tertiary alicyclic amines) is 1. The van der Waals surface area contributed by atoms with Crippen LogP contribution >= 0.6 is 11.6 Å². The molecule has 1 N–H and O–H groups in total. The Bertz CT molecular complexity index is 450. The predicted octanol–water partition coefficient (Wildman–Crippen LogP) is 3.08. The summed E-state index contributed by atoms with van der Waals surface area (Å²) in [6, 6.07) is 4.53. The van der Waals surface area contributed by atoms with Gasteiger partial charge in [-0.1, -0.05) is 18.5 Å². The van der Waals surface area contributed by atoms with E-state index < -0.39 is 0 Å². The van der Waals surface area contributed by atoms with Crippen LogP contribution in [0, 0.1) is 0 Å². The third kappa shape index (κ3) is 4.83. The zero-order valence-electron chi connectivity index (χ0n) is 13.4. The van der Waals surface area contributed by atoms with Crippen LogP contribution in [0.15, 0.2) is 12.1 Å². The topological polar surface area (TPSA) is 31.4 Å². The summed E-state index contributed by atoms with van der Waals surface area (Å²) in [6.45, 7) is 6.19. The number of rotatable bonds is 7. The van der Waals surface area contributed by atoms with E-state index in [2.05, 4.69) is 41.1 Å². The lowest BCUT2D eigenvalue weighted by molar-refractivity contribution is 0.199. The summed E-state index contributed by atoms with van der Waals surface area (Å²) in [6.07, 6.45) is 3.63. The van der Waals surface area contributed by atoms with Crippen LogP contribution in [0.4, 0.5) is 5.82 Å². The number of nitrogens with one attached hydrogen (secondary N) is 1. The van der Waals surface area contributed by atoms with Crippen LogP contribution in [0.25, 0.3) is 0 Å². The number of likely N-dealkylation sites (N-methyl/N-ethyl adjacent to an activating group) is 1. The van der Waals surface area contributed by atoms with Gasteiger partial charge < -0.3 is 10.2 Å². The highest BCUT2D eigenvalue weighted by molar-refractivity contribution is 6.31. The smallest absolute Gasteiger partial charge is 0.126 e. The Hall–Kier alpha value is -0.840. The Balaban J connectivity index is 2.03. The Morgan fingerprint density at radius 1 is 1.43 bits per heavy atom. The summed E-state index contributed by atoms with van der Waals surface area (Å²) >= 11 is 6.33. The molecule has 4 nitrogen and oxygen atoms in total. The molecule has 1 saturated heterocycles. The fourth-order valence-electron chi connectivity index (χ4n) is 2.87. The van der Waals surface area contributed by atoms with Gasteiger partial charge in [-0.3, -0.25) is 4.90 Å². The van der Waals surface area contributed by atoms with Crippen LogP contribution in [-0.2, 0) is 6.54 Å². The molecule has 0 aliphatic carbocycles. The van der Waals surface area contributed by atoms with Gasteiger partial charge in [0.15, 0.2) is 0 Å². The molecule has 1 aliphatic rings. The Morgan fingerprint density at radius 2 is 2.24 bits per heavy atom. The first-order chi connectivity index (χ1) is 10.1. The molecule has 0 saturated carbocycles. The zero-order chi connectivity index (χ0) is 15.2. The summed E-state index contributed by atoms with van der Waals surface area (Å²) in [4.78, 5) is 9.46. The third-order valence-corrected chi connectivity index (χ3v) is 4.25.